The van der Waals surface area contributed by atoms with Crippen molar-refractivity contribution in [3.63, 3.8) is 0 Å². The number of halogens is 4. The van der Waals surface area contributed by atoms with Gasteiger partial charge in [-0.05, 0) is 11.6 Å². The standard InChI is InChI=1S/C8H7Cl2F2NO/c9-5-1-4(3-13)7(10)6(2-5)14-8(11)12/h1-2,8H,3,13H2. The Kier molecular flexibility index (Phi) is 3.92. The minimum Gasteiger partial charge on any atom is -0.433 e. The summed E-state index contributed by atoms with van der Waals surface area (Å²) in [6.07, 6.45) is 0. The smallest absolute Gasteiger partial charge is 0.387 e. The molecule has 0 unspecified atom stereocenters. The van der Waals surface area contributed by atoms with Crippen molar-refractivity contribution in [2.75, 3.05) is 0 Å². The molecule has 1 rings (SSSR count). The summed E-state index contributed by atoms with van der Waals surface area (Å²) in [5.74, 6) is -0.158. The molecule has 0 fully saturated rings. The Labute approximate surface area is 89.6 Å². The largest absolute Gasteiger partial charge is 0.433 e. The molecule has 0 aliphatic heterocycles. The first-order valence-electron chi connectivity index (χ1n) is 3.67. The number of alkyl halides is 2. The van der Waals surface area contributed by atoms with Gasteiger partial charge in [-0.25, -0.2) is 0 Å². The van der Waals surface area contributed by atoms with E-state index in [-0.39, 0.29) is 22.3 Å². The molecule has 2 N–H and O–H groups in total. The van der Waals surface area contributed by atoms with Crippen LogP contribution in [0.2, 0.25) is 10.0 Å². The number of benzene rings is 1. The van der Waals surface area contributed by atoms with Gasteiger partial charge in [0.25, 0.3) is 0 Å². The Hall–Kier alpha value is -0.580. The highest BCUT2D eigenvalue weighted by molar-refractivity contribution is 6.34. The predicted octanol–water partition coefficient (Wildman–Crippen LogP) is 3.05. The maximum atomic E-state index is 11.9. The number of ether oxygens (including phenoxy) is 1. The van der Waals surface area contributed by atoms with Crippen molar-refractivity contribution in [3.8, 4) is 5.75 Å². The van der Waals surface area contributed by atoms with Crippen molar-refractivity contribution in [1.29, 1.82) is 0 Å². The van der Waals surface area contributed by atoms with Crippen LogP contribution in [0.4, 0.5) is 8.78 Å². The second kappa shape index (κ2) is 4.77. The second-order valence-corrected chi connectivity index (χ2v) is 3.27. The van der Waals surface area contributed by atoms with Crippen LogP contribution < -0.4 is 10.5 Å². The Balaban J connectivity index is 3.08. The zero-order valence-corrected chi connectivity index (χ0v) is 8.45. The van der Waals surface area contributed by atoms with Gasteiger partial charge in [-0.2, -0.15) is 8.78 Å². The van der Waals surface area contributed by atoms with Gasteiger partial charge >= 0.3 is 6.61 Å². The van der Waals surface area contributed by atoms with Gasteiger partial charge in [0.15, 0.2) is 0 Å². The highest BCUT2D eigenvalue weighted by atomic mass is 35.5. The van der Waals surface area contributed by atoms with E-state index in [4.69, 9.17) is 28.9 Å². The van der Waals surface area contributed by atoms with Crippen LogP contribution in [-0.2, 0) is 6.54 Å². The average molecular weight is 242 g/mol. The van der Waals surface area contributed by atoms with Gasteiger partial charge in [-0.3, -0.25) is 0 Å². The molecule has 1 aromatic rings. The molecular formula is C8H7Cl2F2NO. The first-order valence-corrected chi connectivity index (χ1v) is 4.43. The molecule has 0 aliphatic carbocycles. The molecular weight excluding hydrogens is 235 g/mol. The van der Waals surface area contributed by atoms with Gasteiger partial charge in [0.1, 0.15) is 5.75 Å². The van der Waals surface area contributed by atoms with Crippen LogP contribution in [0.1, 0.15) is 5.56 Å². The van der Waals surface area contributed by atoms with E-state index in [1.54, 1.807) is 0 Å². The second-order valence-electron chi connectivity index (χ2n) is 2.46. The summed E-state index contributed by atoms with van der Waals surface area (Å²) in [6.45, 7) is -2.82. The molecule has 0 saturated heterocycles. The molecule has 0 bridgehead atoms. The monoisotopic (exact) mass is 241 g/mol. The lowest BCUT2D eigenvalue weighted by molar-refractivity contribution is -0.0498. The molecule has 0 spiro atoms. The van der Waals surface area contributed by atoms with Crippen molar-refractivity contribution in [2.45, 2.75) is 13.2 Å². The summed E-state index contributed by atoms with van der Waals surface area (Å²) in [5, 5.41) is 0.322. The van der Waals surface area contributed by atoms with E-state index < -0.39 is 6.61 Å². The number of rotatable bonds is 3. The average Bonchev–Trinajstić information content (AvgIpc) is 2.09. The summed E-state index contributed by atoms with van der Waals surface area (Å²) in [6, 6.07) is 2.72. The molecule has 0 saturated carbocycles. The Morgan fingerprint density at radius 3 is 2.50 bits per heavy atom. The summed E-state index contributed by atoms with van der Waals surface area (Å²) >= 11 is 11.4. The fourth-order valence-electron chi connectivity index (χ4n) is 0.949. The lowest BCUT2D eigenvalue weighted by atomic mass is 10.2. The minimum absolute atomic E-state index is 0.0669. The molecule has 0 radical (unpaired) electrons. The maximum absolute atomic E-state index is 11.9. The summed E-state index contributed by atoms with van der Waals surface area (Å²) < 4.78 is 28.0. The molecule has 0 atom stereocenters. The molecule has 6 heteroatoms. The summed E-state index contributed by atoms with van der Waals surface area (Å²) in [5.41, 5.74) is 5.80. The SMILES string of the molecule is NCc1cc(Cl)cc(OC(F)F)c1Cl. The topological polar surface area (TPSA) is 35.2 Å². The highest BCUT2D eigenvalue weighted by Gasteiger charge is 2.12. The zero-order valence-electron chi connectivity index (χ0n) is 6.94. The van der Waals surface area contributed by atoms with Gasteiger partial charge in [-0.1, -0.05) is 23.2 Å². The van der Waals surface area contributed by atoms with Crippen LogP contribution in [0.5, 0.6) is 5.75 Å². The fraction of sp³-hybridized carbons (Fsp3) is 0.250. The quantitative estimate of drug-likeness (QED) is 0.883. The number of nitrogens with two attached hydrogens (primary N) is 1. The Morgan fingerprint density at radius 2 is 2.00 bits per heavy atom. The molecule has 14 heavy (non-hydrogen) atoms. The van der Waals surface area contributed by atoms with Crippen molar-refractivity contribution < 1.29 is 13.5 Å². The molecule has 0 aromatic heterocycles. The zero-order chi connectivity index (χ0) is 10.7. The van der Waals surface area contributed by atoms with Crippen LogP contribution in [-0.4, -0.2) is 6.61 Å². The van der Waals surface area contributed by atoms with E-state index in [1.165, 1.54) is 12.1 Å². The van der Waals surface area contributed by atoms with Gasteiger partial charge in [0.05, 0.1) is 5.02 Å². The number of hydrogen-bond acceptors (Lipinski definition) is 2. The third kappa shape index (κ3) is 2.70. The van der Waals surface area contributed by atoms with E-state index in [1.807, 2.05) is 0 Å². The first-order chi connectivity index (χ1) is 6.54. The summed E-state index contributed by atoms with van der Waals surface area (Å²) in [4.78, 5) is 0. The van der Waals surface area contributed by atoms with Crippen molar-refractivity contribution in [1.82, 2.24) is 0 Å². The Bertz CT molecular complexity index is 333. The van der Waals surface area contributed by atoms with Crippen molar-refractivity contribution in [3.05, 3.63) is 27.7 Å². The van der Waals surface area contributed by atoms with Gasteiger partial charge < -0.3 is 10.5 Å². The van der Waals surface area contributed by atoms with Crippen LogP contribution >= 0.6 is 23.2 Å². The van der Waals surface area contributed by atoms with Crippen molar-refractivity contribution >= 4 is 23.2 Å². The minimum atomic E-state index is -2.93. The van der Waals surface area contributed by atoms with Crippen LogP contribution in [0.3, 0.4) is 0 Å². The third-order valence-electron chi connectivity index (χ3n) is 1.52. The highest BCUT2D eigenvalue weighted by Crippen LogP contribution is 2.32. The molecule has 0 heterocycles. The lowest BCUT2D eigenvalue weighted by Gasteiger charge is -2.10. The van der Waals surface area contributed by atoms with Gasteiger partial charge in [0.2, 0.25) is 0 Å². The van der Waals surface area contributed by atoms with E-state index in [0.29, 0.717) is 5.56 Å². The van der Waals surface area contributed by atoms with Crippen LogP contribution in [0.15, 0.2) is 12.1 Å². The third-order valence-corrected chi connectivity index (χ3v) is 2.16. The van der Waals surface area contributed by atoms with Gasteiger partial charge in [0, 0.05) is 17.6 Å². The predicted molar refractivity (Wildman–Crippen MR) is 51.0 cm³/mol. The van der Waals surface area contributed by atoms with E-state index in [9.17, 15) is 8.78 Å². The lowest BCUT2D eigenvalue weighted by Crippen LogP contribution is -2.05. The van der Waals surface area contributed by atoms with Crippen molar-refractivity contribution in [2.24, 2.45) is 5.73 Å². The summed E-state index contributed by atoms with van der Waals surface area (Å²) in [7, 11) is 0. The molecule has 0 amide bonds. The molecule has 0 aliphatic rings. The van der Waals surface area contributed by atoms with E-state index in [2.05, 4.69) is 4.74 Å². The first kappa shape index (κ1) is 11.5. The van der Waals surface area contributed by atoms with E-state index in [0.717, 1.165) is 0 Å². The molecule has 78 valence electrons. The van der Waals surface area contributed by atoms with Crippen LogP contribution in [0.25, 0.3) is 0 Å². The molecule has 1 aromatic carbocycles. The normalized spacial score (nSPS) is 10.7. The number of hydrogen-bond donors (Lipinski definition) is 1. The maximum Gasteiger partial charge on any atom is 0.387 e. The van der Waals surface area contributed by atoms with Crippen LogP contribution in [0, 0.1) is 0 Å². The fourth-order valence-corrected chi connectivity index (χ4v) is 1.41. The Morgan fingerprint density at radius 1 is 1.36 bits per heavy atom. The van der Waals surface area contributed by atoms with Gasteiger partial charge in [-0.15, -0.1) is 0 Å². The van der Waals surface area contributed by atoms with E-state index >= 15 is 0 Å². The molecule has 2 nitrogen and oxygen atoms in total.